The Bertz CT molecular complexity index is 622. The molecule has 2 unspecified atom stereocenters. The molecule has 1 saturated heterocycles. The summed E-state index contributed by atoms with van der Waals surface area (Å²) in [6.07, 6.45) is -3.45. The third-order valence-electron chi connectivity index (χ3n) is 3.60. The number of carbonyl (C=O) groups excluding carboxylic acids is 2. The zero-order valence-electron chi connectivity index (χ0n) is 11.1. The lowest BCUT2D eigenvalue weighted by Crippen LogP contribution is -2.34. The van der Waals surface area contributed by atoms with E-state index in [1.165, 1.54) is 4.90 Å². The van der Waals surface area contributed by atoms with Gasteiger partial charge in [0, 0.05) is 12.6 Å². The monoisotopic (exact) mass is 316 g/mol. The van der Waals surface area contributed by atoms with E-state index in [9.17, 15) is 22.8 Å². The Morgan fingerprint density at radius 1 is 1.36 bits per heavy atom. The van der Waals surface area contributed by atoms with Gasteiger partial charge < -0.3 is 9.64 Å². The number of alkyl halides is 3. The van der Waals surface area contributed by atoms with Gasteiger partial charge in [0.1, 0.15) is 0 Å². The summed E-state index contributed by atoms with van der Waals surface area (Å²) in [4.78, 5) is 31.2. The van der Waals surface area contributed by atoms with Crippen LogP contribution in [-0.4, -0.2) is 39.6 Å². The maximum atomic E-state index is 12.5. The van der Waals surface area contributed by atoms with E-state index in [4.69, 9.17) is 0 Å². The van der Waals surface area contributed by atoms with Gasteiger partial charge >= 0.3 is 18.4 Å². The van der Waals surface area contributed by atoms with Crippen LogP contribution in [0.2, 0.25) is 0 Å². The maximum Gasteiger partial charge on any atom is 0.434 e. The fourth-order valence-electron chi connectivity index (χ4n) is 2.45. The maximum absolute atomic E-state index is 12.5. The summed E-state index contributed by atoms with van der Waals surface area (Å²) >= 11 is 0. The first-order valence-corrected chi connectivity index (χ1v) is 6.53. The minimum absolute atomic E-state index is 0.119. The number of nitrogens with zero attached hydrogens (tertiary/aromatic N) is 3. The highest BCUT2D eigenvalue weighted by Gasteiger charge is 2.49. The molecule has 0 spiro atoms. The van der Waals surface area contributed by atoms with Gasteiger partial charge in [0.15, 0.2) is 11.5 Å². The summed E-state index contributed by atoms with van der Waals surface area (Å²) < 4.78 is 41.9. The summed E-state index contributed by atoms with van der Waals surface area (Å²) in [5.41, 5.74) is -1.25. The highest BCUT2D eigenvalue weighted by Crippen LogP contribution is 2.44. The lowest BCUT2D eigenvalue weighted by atomic mass is 10.3. The average Bonchev–Trinajstić information content (AvgIpc) is 3.08. The standard InChI is InChI=1S/C12H11F3N4O3/c13-12(14,15)8-4-16-5-9(17-8)18-10(20)22-11(21)19-2-1-6-3-7(6)19/h4-7H,1-3H2,(H,17,18,20). The molecule has 1 aromatic heterocycles. The fourth-order valence-corrected chi connectivity index (χ4v) is 2.45. The highest BCUT2D eigenvalue weighted by molar-refractivity contribution is 5.91. The van der Waals surface area contributed by atoms with Crippen LogP contribution in [0.5, 0.6) is 0 Å². The number of rotatable bonds is 1. The molecule has 118 valence electrons. The molecular formula is C12H11F3N4O3. The van der Waals surface area contributed by atoms with Crippen LogP contribution in [0.15, 0.2) is 12.4 Å². The molecule has 2 amide bonds. The number of carbonyl (C=O) groups is 2. The molecule has 0 radical (unpaired) electrons. The fraction of sp³-hybridized carbons (Fsp3) is 0.500. The molecule has 1 N–H and O–H groups in total. The molecule has 2 fully saturated rings. The zero-order chi connectivity index (χ0) is 15.9. The number of piperidine rings is 1. The van der Waals surface area contributed by atoms with Crippen molar-refractivity contribution < 1.29 is 27.5 Å². The molecular weight excluding hydrogens is 305 g/mol. The van der Waals surface area contributed by atoms with Crippen LogP contribution in [-0.2, 0) is 10.9 Å². The second-order valence-electron chi connectivity index (χ2n) is 5.11. The average molecular weight is 316 g/mol. The van der Waals surface area contributed by atoms with Gasteiger partial charge in [-0.3, -0.25) is 10.3 Å². The molecule has 2 atom stereocenters. The number of hydrogen-bond donors (Lipinski definition) is 1. The molecule has 1 aromatic rings. The quantitative estimate of drug-likeness (QED) is 0.803. The van der Waals surface area contributed by atoms with Crippen LogP contribution in [0.1, 0.15) is 18.5 Å². The predicted octanol–water partition coefficient (Wildman–Crippen LogP) is 2.26. The van der Waals surface area contributed by atoms with E-state index in [-0.39, 0.29) is 6.04 Å². The van der Waals surface area contributed by atoms with Crippen molar-refractivity contribution in [3.8, 4) is 0 Å². The number of amides is 2. The zero-order valence-corrected chi connectivity index (χ0v) is 11.1. The molecule has 1 aliphatic carbocycles. The Morgan fingerprint density at radius 2 is 2.14 bits per heavy atom. The third-order valence-corrected chi connectivity index (χ3v) is 3.60. The minimum atomic E-state index is -4.68. The second-order valence-corrected chi connectivity index (χ2v) is 5.11. The molecule has 3 rings (SSSR count). The Hall–Kier alpha value is -2.39. The van der Waals surface area contributed by atoms with Gasteiger partial charge in [-0.15, -0.1) is 0 Å². The Morgan fingerprint density at radius 3 is 2.73 bits per heavy atom. The highest BCUT2D eigenvalue weighted by atomic mass is 19.4. The number of anilines is 1. The summed E-state index contributed by atoms with van der Waals surface area (Å²) in [6, 6.07) is 0.119. The number of halogens is 3. The molecule has 1 saturated carbocycles. The molecule has 1 aliphatic heterocycles. The van der Waals surface area contributed by atoms with Gasteiger partial charge in [-0.25, -0.2) is 14.6 Å². The van der Waals surface area contributed by atoms with Gasteiger partial charge in [-0.2, -0.15) is 13.2 Å². The van der Waals surface area contributed by atoms with E-state index in [2.05, 4.69) is 14.7 Å². The molecule has 22 heavy (non-hydrogen) atoms. The van der Waals surface area contributed by atoms with Crippen molar-refractivity contribution in [2.24, 2.45) is 5.92 Å². The third kappa shape index (κ3) is 2.95. The lowest BCUT2D eigenvalue weighted by molar-refractivity contribution is -0.141. The molecule has 0 bridgehead atoms. The van der Waals surface area contributed by atoms with Crippen molar-refractivity contribution in [1.29, 1.82) is 0 Å². The SMILES string of the molecule is O=C(Nc1cncc(C(F)(F)F)n1)OC(=O)N1CCC2CC21. The van der Waals surface area contributed by atoms with E-state index < -0.39 is 29.9 Å². The molecule has 7 nitrogen and oxygen atoms in total. The first-order chi connectivity index (χ1) is 10.3. The van der Waals surface area contributed by atoms with Crippen molar-refractivity contribution in [3.05, 3.63) is 18.1 Å². The van der Waals surface area contributed by atoms with E-state index in [0.29, 0.717) is 18.7 Å². The van der Waals surface area contributed by atoms with Gasteiger partial charge in [0.05, 0.1) is 12.4 Å². The number of hydrogen-bond acceptors (Lipinski definition) is 5. The van der Waals surface area contributed by atoms with E-state index in [0.717, 1.165) is 19.0 Å². The molecule has 10 heteroatoms. The van der Waals surface area contributed by atoms with Gasteiger partial charge in [-0.1, -0.05) is 0 Å². The van der Waals surface area contributed by atoms with E-state index in [1.54, 1.807) is 0 Å². The molecule has 0 aromatic carbocycles. The predicted molar refractivity (Wildman–Crippen MR) is 65.8 cm³/mol. The lowest BCUT2D eigenvalue weighted by Gasteiger charge is -2.16. The molecule has 2 heterocycles. The van der Waals surface area contributed by atoms with Gasteiger partial charge in [0.2, 0.25) is 0 Å². The van der Waals surface area contributed by atoms with Crippen LogP contribution in [0.3, 0.4) is 0 Å². The summed E-state index contributed by atoms with van der Waals surface area (Å²) in [5, 5.41) is 1.95. The van der Waals surface area contributed by atoms with Gasteiger partial charge in [-0.05, 0) is 18.8 Å². The van der Waals surface area contributed by atoms with E-state index in [1.807, 2.05) is 5.32 Å². The van der Waals surface area contributed by atoms with Crippen LogP contribution >= 0.6 is 0 Å². The molecule has 2 aliphatic rings. The summed E-state index contributed by atoms with van der Waals surface area (Å²) in [5.74, 6) is 0.0308. The Labute approximate surface area is 122 Å². The van der Waals surface area contributed by atoms with Crippen molar-refractivity contribution in [3.63, 3.8) is 0 Å². The smallest absolute Gasteiger partial charge is 0.359 e. The van der Waals surface area contributed by atoms with Crippen LogP contribution in [0, 0.1) is 5.92 Å². The summed E-state index contributed by atoms with van der Waals surface area (Å²) in [6.45, 7) is 0.519. The van der Waals surface area contributed by atoms with Crippen molar-refractivity contribution in [2.75, 3.05) is 11.9 Å². The largest absolute Gasteiger partial charge is 0.434 e. The van der Waals surface area contributed by atoms with Crippen molar-refractivity contribution in [2.45, 2.75) is 25.1 Å². The number of fused-ring (bicyclic) bond motifs is 1. The van der Waals surface area contributed by atoms with Crippen molar-refractivity contribution in [1.82, 2.24) is 14.9 Å². The Balaban J connectivity index is 1.58. The first kappa shape index (κ1) is 14.5. The normalized spacial score (nSPS) is 23.0. The van der Waals surface area contributed by atoms with Crippen molar-refractivity contribution >= 4 is 18.0 Å². The Kier molecular flexibility index (Phi) is 3.38. The first-order valence-electron chi connectivity index (χ1n) is 6.53. The van der Waals surface area contributed by atoms with E-state index >= 15 is 0 Å². The number of nitrogens with one attached hydrogen (secondary N) is 1. The number of ether oxygens (including phenoxy) is 1. The topological polar surface area (TPSA) is 84.4 Å². The number of likely N-dealkylation sites (tertiary alicyclic amines) is 1. The van der Waals surface area contributed by atoms with Crippen LogP contribution in [0.25, 0.3) is 0 Å². The second kappa shape index (κ2) is 5.11. The van der Waals surface area contributed by atoms with Gasteiger partial charge in [0.25, 0.3) is 0 Å². The van der Waals surface area contributed by atoms with Crippen LogP contribution < -0.4 is 5.32 Å². The summed E-state index contributed by atoms with van der Waals surface area (Å²) in [7, 11) is 0. The minimum Gasteiger partial charge on any atom is -0.359 e. The number of aromatic nitrogens is 2. The van der Waals surface area contributed by atoms with Crippen LogP contribution in [0.4, 0.5) is 28.6 Å².